The summed E-state index contributed by atoms with van der Waals surface area (Å²) < 4.78 is 0. The molecule has 0 spiro atoms. The van der Waals surface area contributed by atoms with Crippen molar-refractivity contribution in [1.82, 2.24) is 5.32 Å². The highest BCUT2D eigenvalue weighted by Crippen LogP contribution is 2.27. The average molecular weight is 235 g/mol. The van der Waals surface area contributed by atoms with E-state index in [-0.39, 0.29) is 5.41 Å². The predicted octanol–water partition coefficient (Wildman–Crippen LogP) is 3.35. The lowest BCUT2D eigenvalue weighted by molar-refractivity contribution is 0.281. The van der Waals surface area contributed by atoms with Gasteiger partial charge in [-0.2, -0.15) is 0 Å². The van der Waals surface area contributed by atoms with E-state index in [1.165, 1.54) is 5.56 Å². The van der Waals surface area contributed by atoms with E-state index in [2.05, 4.69) is 39.1 Å². The fourth-order valence-corrected chi connectivity index (χ4v) is 1.92. The fourth-order valence-electron chi connectivity index (χ4n) is 1.92. The van der Waals surface area contributed by atoms with Gasteiger partial charge in [0.05, 0.1) is 0 Å². The second kappa shape index (κ2) is 6.06. The van der Waals surface area contributed by atoms with Crippen molar-refractivity contribution in [2.45, 2.75) is 46.6 Å². The molecule has 1 rings (SSSR count). The van der Waals surface area contributed by atoms with E-state index in [9.17, 15) is 5.11 Å². The lowest BCUT2D eigenvalue weighted by Gasteiger charge is -2.30. The van der Waals surface area contributed by atoms with Crippen molar-refractivity contribution in [2.75, 3.05) is 6.54 Å². The minimum Gasteiger partial charge on any atom is -0.508 e. The molecule has 0 amide bonds. The first kappa shape index (κ1) is 14.0. The second-order valence-corrected chi connectivity index (χ2v) is 5.55. The zero-order valence-corrected chi connectivity index (χ0v) is 11.5. The molecule has 96 valence electrons. The first-order chi connectivity index (χ1) is 7.95. The summed E-state index contributed by atoms with van der Waals surface area (Å²) in [5.74, 6) is 0.359. The molecule has 2 nitrogen and oxygen atoms in total. The molecule has 2 N–H and O–H groups in total. The van der Waals surface area contributed by atoms with Gasteiger partial charge in [-0.1, -0.05) is 39.8 Å². The molecule has 0 fully saturated rings. The molecule has 0 aliphatic carbocycles. The summed E-state index contributed by atoms with van der Waals surface area (Å²) in [6.07, 6.45) is 2.12. The van der Waals surface area contributed by atoms with Crippen molar-refractivity contribution in [3.63, 3.8) is 0 Å². The Labute approximate surface area is 105 Å². The van der Waals surface area contributed by atoms with Crippen molar-refractivity contribution in [3.8, 4) is 5.75 Å². The number of hydrogen-bond acceptors (Lipinski definition) is 2. The zero-order chi connectivity index (χ0) is 12.9. The van der Waals surface area contributed by atoms with Crippen molar-refractivity contribution in [2.24, 2.45) is 5.41 Å². The summed E-state index contributed by atoms with van der Waals surface area (Å²) >= 11 is 0. The highest BCUT2D eigenvalue weighted by molar-refractivity contribution is 5.27. The Bertz CT molecular complexity index is 349. The standard InChI is InChI=1S/C15H25NO/c1-5-15(4,11-16-12(2)3)10-13-7-6-8-14(17)9-13/h6-9,12,16-17H,5,10-11H2,1-4H3. The minimum atomic E-state index is 0.248. The Hall–Kier alpha value is -1.02. The van der Waals surface area contributed by atoms with Gasteiger partial charge in [0, 0.05) is 12.6 Å². The van der Waals surface area contributed by atoms with Crippen LogP contribution in [-0.2, 0) is 6.42 Å². The van der Waals surface area contributed by atoms with Gasteiger partial charge in [-0.15, -0.1) is 0 Å². The molecule has 0 saturated carbocycles. The summed E-state index contributed by atoms with van der Waals surface area (Å²) in [7, 11) is 0. The third kappa shape index (κ3) is 4.78. The first-order valence-electron chi connectivity index (χ1n) is 6.46. The SMILES string of the molecule is CCC(C)(CNC(C)C)Cc1cccc(O)c1. The average Bonchev–Trinajstić information content (AvgIpc) is 2.26. The van der Waals surface area contributed by atoms with Gasteiger partial charge in [-0.25, -0.2) is 0 Å². The zero-order valence-electron chi connectivity index (χ0n) is 11.5. The molecule has 0 radical (unpaired) electrons. The van der Waals surface area contributed by atoms with Gasteiger partial charge in [-0.05, 0) is 36.0 Å². The lowest BCUT2D eigenvalue weighted by atomic mass is 9.81. The molecular formula is C15H25NO. The van der Waals surface area contributed by atoms with E-state index < -0.39 is 0 Å². The molecule has 0 aliphatic heterocycles. The summed E-state index contributed by atoms with van der Waals surface area (Å²) in [4.78, 5) is 0. The van der Waals surface area contributed by atoms with Crippen LogP contribution < -0.4 is 5.32 Å². The van der Waals surface area contributed by atoms with Crippen LogP contribution in [0.4, 0.5) is 0 Å². The van der Waals surface area contributed by atoms with Gasteiger partial charge in [0.25, 0.3) is 0 Å². The molecule has 1 aromatic carbocycles. The van der Waals surface area contributed by atoms with Crippen LogP contribution >= 0.6 is 0 Å². The lowest BCUT2D eigenvalue weighted by Crippen LogP contribution is -2.36. The molecule has 1 atom stereocenters. The first-order valence-corrected chi connectivity index (χ1v) is 6.46. The van der Waals surface area contributed by atoms with Crippen LogP contribution in [0.15, 0.2) is 24.3 Å². The molecule has 1 unspecified atom stereocenters. The molecule has 0 aliphatic rings. The highest BCUT2D eigenvalue weighted by Gasteiger charge is 2.22. The summed E-state index contributed by atoms with van der Waals surface area (Å²) in [5, 5.41) is 13.0. The number of hydrogen-bond donors (Lipinski definition) is 2. The van der Waals surface area contributed by atoms with E-state index in [0.29, 0.717) is 11.8 Å². The summed E-state index contributed by atoms with van der Waals surface area (Å²) in [6, 6.07) is 8.10. The maximum absolute atomic E-state index is 9.49. The Kier molecular flexibility index (Phi) is 5.01. The van der Waals surface area contributed by atoms with Crippen LogP contribution in [0.1, 0.15) is 39.7 Å². The number of rotatable bonds is 6. The molecule has 1 aromatic rings. The highest BCUT2D eigenvalue weighted by atomic mass is 16.3. The van der Waals surface area contributed by atoms with Crippen LogP contribution in [0, 0.1) is 5.41 Å². The third-order valence-corrected chi connectivity index (χ3v) is 3.33. The molecule has 2 heteroatoms. The summed E-state index contributed by atoms with van der Waals surface area (Å²) in [6.45, 7) is 9.88. The minimum absolute atomic E-state index is 0.248. The molecular weight excluding hydrogens is 210 g/mol. The largest absolute Gasteiger partial charge is 0.508 e. The summed E-state index contributed by atoms with van der Waals surface area (Å²) in [5.41, 5.74) is 1.46. The van der Waals surface area contributed by atoms with Crippen LogP contribution in [0.3, 0.4) is 0 Å². The Morgan fingerprint density at radius 3 is 2.59 bits per heavy atom. The second-order valence-electron chi connectivity index (χ2n) is 5.55. The van der Waals surface area contributed by atoms with E-state index in [0.717, 1.165) is 19.4 Å². The Balaban J connectivity index is 2.67. The van der Waals surface area contributed by atoms with Crippen molar-refractivity contribution in [3.05, 3.63) is 29.8 Å². The van der Waals surface area contributed by atoms with Gasteiger partial charge in [-0.3, -0.25) is 0 Å². The van der Waals surface area contributed by atoms with Crippen molar-refractivity contribution in [1.29, 1.82) is 0 Å². The Morgan fingerprint density at radius 2 is 2.06 bits per heavy atom. The van der Waals surface area contributed by atoms with Crippen molar-refractivity contribution >= 4 is 0 Å². The van der Waals surface area contributed by atoms with E-state index in [1.807, 2.05) is 12.1 Å². The van der Waals surface area contributed by atoms with E-state index in [4.69, 9.17) is 0 Å². The number of nitrogens with one attached hydrogen (secondary N) is 1. The number of phenolic OH excluding ortho intramolecular Hbond substituents is 1. The molecule has 0 aromatic heterocycles. The smallest absolute Gasteiger partial charge is 0.115 e. The van der Waals surface area contributed by atoms with Gasteiger partial charge in [0.1, 0.15) is 5.75 Å². The topological polar surface area (TPSA) is 32.3 Å². The number of aromatic hydroxyl groups is 1. The van der Waals surface area contributed by atoms with Gasteiger partial charge >= 0.3 is 0 Å². The monoisotopic (exact) mass is 235 g/mol. The van der Waals surface area contributed by atoms with Crippen LogP contribution in [0.25, 0.3) is 0 Å². The maximum Gasteiger partial charge on any atom is 0.115 e. The van der Waals surface area contributed by atoms with Gasteiger partial charge < -0.3 is 10.4 Å². The predicted molar refractivity (Wildman–Crippen MR) is 73.3 cm³/mol. The molecule has 17 heavy (non-hydrogen) atoms. The maximum atomic E-state index is 9.49. The van der Waals surface area contributed by atoms with Crippen LogP contribution in [0.2, 0.25) is 0 Å². The normalized spacial score (nSPS) is 14.9. The number of phenols is 1. The van der Waals surface area contributed by atoms with E-state index >= 15 is 0 Å². The van der Waals surface area contributed by atoms with E-state index in [1.54, 1.807) is 6.07 Å². The molecule has 0 saturated heterocycles. The molecule has 0 bridgehead atoms. The van der Waals surface area contributed by atoms with Gasteiger partial charge in [0.2, 0.25) is 0 Å². The van der Waals surface area contributed by atoms with Crippen molar-refractivity contribution < 1.29 is 5.11 Å². The number of benzene rings is 1. The van der Waals surface area contributed by atoms with Crippen LogP contribution in [0.5, 0.6) is 5.75 Å². The fraction of sp³-hybridized carbons (Fsp3) is 0.600. The quantitative estimate of drug-likeness (QED) is 0.792. The third-order valence-electron chi connectivity index (χ3n) is 3.33. The van der Waals surface area contributed by atoms with Crippen LogP contribution in [-0.4, -0.2) is 17.7 Å². The van der Waals surface area contributed by atoms with Gasteiger partial charge in [0.15, 0.2) is 0 Å². The molecule has 0 heterocycles. The Morgan fingerprint density at radius 1 is 1.35 bits per heavy atom.